The number of nitrogens with zero attached hydrogens (tertiary/aromatic N) is 1. The Balaban J connectivity index is 0.00000180. The predicted octanol–water partition coefficient (Wildman–Crippen LogP) is 3.95. The van der Waals surface area contributed by atoms with Gasteiger partial charge in [-0.15, -0.1) is 12.4 Å². The molecule has 2 nitrogen and oxygen atoms in total. The molecule has 1 aliphatic rings. The SMILES string of the molecule is CC(C)CC1CCCN(Cc2cccc(N)c2)C1.Cl. The van der Waals surface area contributed by atoms with E-state index in [1.807, 2.05) is 6.07 Å². The van der Waals surface area contributed by atoms with Crippen LogP contribution in [0.4, 0.5) is 5.69 Å². The van der Waals surface area contributed by atoms with Crippen molar-refractivity contribution in [2.45, 2.75) is 39.7 Å². The highest BCUT2D eigenvalue weighted by atomic mass is 35.5. The summed E-state index contributed by atoms with van der Waals surface area (Å²) in [4.78, 5) is 2.59. The van der Waals surface area contributed by atoms with Crippen molar-refractivity contribution in [1.82, 2.24) is 4.90 Å². The summed E-state index contributed by atoms with van der Waals surface area (Å²) in [6.45, 7) is 8.21. The van der Waals surface area contributed by atoms with Gasteiger partial charge in [0.1, 0.15) is 0 Å². The number of benzene rings is 1. The van der Waals surface area contributed by atoms with Gasteiger partial charge in [0.2, 0.25) is 0 Å². The summed E-state index contributed by atoms with van der Waals surface area (Å²) in [5, 5.41) is 0. The lowest BCUT2D eigenvalue weighted by atomic mass is 9.89. The molecule has 0 aromatic heterocycles. The van der Waals surface area contributed by atoms with Crippen molar-refractivity contribution in [3.63, 3.8) is 0 Å². The van der Waals surface area contributed by atoms with Crippen LogP contribution in [0.1, 0.15) is 38.7 Å². The lowest BCUT2D eigenvalue weighted by Gasteiger charge is -2.33. The standard InChI is InChI=1S/C16H26N2.ClH/c1-13(2)9-14-6-4-8-18(11-14)12-15-5-3-7-16(17)10-15;/h3,5,7,10,13-14H,4,6,8-9,11-12,17H2,1-2H3;1H. The van der Waals surface area contributed by atoms with E-state index in [1.54, 1.807) is 0 Å². The molecule has 1 unspecified atom stereocenters. The van der Waals surface area contributed by atoms with Gasteiger partial charge in [0.25, 0.3) is 0 Å². The van der Waals surface area contributed by atoms with Crippen molar-refractivity contribution in [1.29, 1.82) is 0 Å². The minimum absolute atomic E-state index is 0. The topological polar surface area (TPSA) is 29.3 Å². The molecule has 2 N–H and O–H groups in total. The summed E-state index contributed by atoms with van der Waals surface area (Å²) in [6, 6.07) is 8.30. The fourth-order valence-corrected chi connectivity index (χ4v) is 3.10. The Bertz CT molecular complexity index is 379. The van der Waals surface area contributed by atoms with Gasteiger partial charge in [-0.1, -0.05) is 26.0 Å². The second kappa shape index (κ2) is 7.76. The first kappa shape index (κ1) is 16.3. The third-order valence-corrected chi connectivity index (χ3v) is 3.77. The molecule has 1 heterocycles. The smallest absolute Gasteiger partial charge is 0.0317 e. The molecule has 1 aliphatic heterocycles. The number of nitrogen functional groups attached to an aromatic ring is 1. The average Bonchev–Trinajstić information content (AvgIpc) is 2.28. The fraction of sp³-hybridized carbons (Fsp3) is 0.625. The van der Waals surface area contributed by atoms with Gasteiger partial charge in [-0.05, 0) is 55.3 Å². The van der Waals surface area contributed by atoms with E-state index >= 15 is 0 Å². The van der Waals surface area contributed by atoms with Crippen LogP contribution in [0, 0.1) is 11.8 Å². The summed E-state index contributed by atoms with van der Waals surface area (Å²) in [6.07, 6.45) is 4.12. The molecular formula is C16H27ClN2. The summed E-state index contributed by atoms with van der Waals surface area (Å²) < 4.78 is 0. The molecule has 3 heteroatoms. The number of rotatable bonds is 4. The first-order chi connectivity index (χ1) is 8.63. The highest BCUT2D eigenvalue weighted by molar-refractivity contribution is 5.85. The van der Waals surface area contributed by atoms with E-state index in [1.165, 1.54) is 37.9 Å². The molecule has 1 saturated heterocycles. The van der Waals surface area contributed by atoms with Crippen LogP contribution >= 0.6 is 12.4 Å². The van der Waals surface area contributed by atoms with Crippen molar-refractivity contribution in [2.75, 3.05) is 18.8 Å². The fourth-order valence-electron chi connectivity index (χ4n) is 3.10. The maximum absolute atomic E-state index is 5.84. The zero-order chi connectivity index (χ0) is 13.0. The maximum atomic E-state index is 5.84. The van der Waals surface area contributed by atoms with E-state index in [9.17, 15) is 0 Å². The molecule has 1 atom stereocenters. The van der Waals surface area contributed by atoms with Crippen molar-refractivity contribution in [3.05, 3.63) is 29.8 Å². The molecule has 108 valence electrons. The Labute approximate surface area is 123 Å². The van der Waals surface area contributed by atoms with Crippen molar-refractivity contribution < 1.29 is 0 Å². The molecule has 1 aromatic carbocycles. The molecule has 0 spiro atoms. The van der Waals surface area contributed by atoms with E-state index in [2.05, 4.69) is 36.9 Å². The normalized spacial score (nSPS) is 20.3. The van der Waals surface area contributed by atoms with E-state index < -0.39 is 0 Å². The summed E-state index contributed by atoms with van der Waals surface area (Å²) in [5.41, 5.74) is 8.06. The maximum Gasteiger partial charge on any atom is 0.0317 e. The molecule has 0 bridgehead atoms. The third-order valence-electron chi connectivity index (χ3n) is 3.77. The summed E-state index contributed by atoms with van der Waals surface area (Å²) in [5.74, 6) is 1.71. The predicted molar refractivity (Wildman–Crippen MR) is 85.6 cm³/mol. The summed E-state index contributed by atoms with van der Waals surface area (Å²) >= 11 is 0. The van der Waals surface area contributed by atoms with Crippen LogP contribution in [0.5, 0.6) is 0 Å². The Hall–Kier alpha value is -0.730. The number of hydrogen-bond acceptors (Lipinski definition) is 2. The molecule has 0 aliphatic carbocycles. The van der Waals surface area contributed by atoms with Gasteiger partial charge in [0.05, 0.1) is 0 Å². The monoisotopic (exact) mass is 282 g/mol. The van der Waals surface area contributed by atoms with Crippen LogP contribution < -0.4 is 5.73 Å². The van der Waals surface area contributed by atoms with Crippen LogP contribution in [-0.4, -0.2) is 18.0 Å². The number of nitrogens with two attached hydrogens (primary N) is 1. The lowest BCUT2D eigenvalue weighted by molar-refractivity contribution is 0.153. The third kappa shape index (κ3) is 5.42. The number of piperidine rings is 1. The lowest BCUT2D eigenvalue weighted by Crippen LogP contribution is -2.35. The Morgan fingerprint density at radius 1 is 1.37 bits per heavy atom. The van der Waals surface area contributed by atoms with Crippen LogP contribution in [0.3, 0.4) is 0 Å². The number of likely N-dealkylation sites (tertiary alicyclic amines) is 1. The van der Waals surface area contributed by atoms with E-state index in [4.69, 9.17) is 5.73 Å². The van der Waals surface area contributed by atoms with Crippen LogP contribution in [0.15, 0.2) is 24.3 Å². The average molecular weight is 283 g/mol. The van der Waals surface area contributed by atoms with Gasteiger partial charge >= 0.3 is 0 Å². The molecule has 0 radical (unpaired) electrons. The first-order valence-corrected chi connectivity index (χ1v) is 7.20. The minimum Gasteiger partial charge on any atom is -0.399 e. The molecule has 0 saturated carbocycles. The second-order valence-electron chi connectivity index (χ2n) is 6.12. The minimum atomic E-state index is 0. The Morgan fingerprint density at radius 3 is 2.84 bits per heavy atom. The zero-order valence-corrected chi connectivity index (χ0v) is 13.0. The second-order valence-corrected chi connectivity index (χ2v) is 6.12. The molecule has 1 aromatic rings. The molecule has 0 amide bonds. The van der Waals surface area contributed by atoms with Gasteiger partial charge in [0, 0.05) is 18.8 Å². The quantitative estimate of drug-likeness (QED) is 0.848. The van der Waals surface area contributed by atoms with Crippen molar-refractivity contribution in [3.8, 4) is 0 Å². The van der Waals surface area contributed by atoms with Crippen molar-refractivity contribution in [2.24, 2.45) is 11.8 Å². The highest BCUT2D eigenvalue weighted by Gasteiger charge is 2.20. The van der Waals surface area contributed by atoms with Gasteiger partial charge < -0.3 is 5.73 Å². The number of hydrogen-bond donors (Lipinski definition) is 1. The largest absolute Gasteiger partial charge is 0.399 e. The molecule has 19 heavy (non-hydrogen) atoms. The molecular weight excluding hydrogens is 256 g/mol. The number of halogens is 1. The Kier molecular flexibility index (Phi) is 6.67. The first-order valence-electron chi connectivity index (χ1n) is 7.20. The number of anilines is 1. The van der Waals surface area contributed by atoms with Gasteiger partial charge in [-0.25, -0.2) is 0 Å². The Morgan fingerprint density at radius 2 is 2.16 bits per heavy atom. The van der Waals surface area contributed by atoms with Crippen LogP contribution in [0.25, 0.3) is 0 Å². The molecule has 2 rings (SSSR count). The zero-order valence-electron chi connectivity index (χ0n) is 12.1. The molecule has 1 fully saturated rings. The van der Waals surface area contributed by atoms with Crippen LogP contribution in [0.2, 0.25) is 0 Å². The van der Waals surface area contributed by atoms with E-state index in [0.29, 0.717) is 0 Å². The van der Waals surface area contributed by atoms with Crippen LogP contribution in [-0.2, 0) is 6.54 Å². The van der Waals surface area contributed by atoms with Gasteiger partial charge in [0.15, 0.2) is 0 Å². The van der Waals surface area contributed by atoms with E-state index in [-0.39, 0.29) is 12.4 Å². The van der Waals surface area contributed by atoms with E-state index in [0.717, 1.165) is 24.1 Å². The highest BCUT2D eigenvalue weighted by Crippen LogP contribution is 2.24. The van der Waals surface area contributed by atoms with Gasteiger partial charge in [-0.2, -0.15) is 0 Å². The van der Waals surface area contributed by atoms with Crippen molar-refractivity contribution >= 4 is 18.1 Å². The summed E-state index contributed by atoms with van der Waals surface area (Å²) in [7, 11) is 0. The van der Waals surface area contributed by atoms with Gasteiger partial charge in [-0.3, -0.25) is 4.90 Å².